The lowest BCUT2D eigenvalue weighted by Gasteiger charge is -2.05. The highest BCUT2D eigenvalue weighted by Crippen LogP contribution is 2.27. The van der Waals surface area contributed by atoms with Crippen LogP contribution >= 0.6 is 11.3 Å². The summed E-state index contributed by atoms with van der Waals surface area (Å²) in [6.45, 7) is 1.77. The van der Waals surface area contributed by atoms with E-state index in [1.807, 2.05) is 48.5 Å². The molecule has 4 aromatic rings. The Labute approximate surface area is 164 Å². The normalized spacial score (nSPS) is 10.8. The van der Waals surface area contributed by atoms with Crippen molar-refractivity contribution in [1.82, 2.24) is 21.0 Å². The Morgan fingerprint density at radius 1 is 1.04 bits per heavy atom. The number of benzene rings is 2. The summed E-state index contributed by atoms with van der Waals surface area (Å²) in [5, 5.41) is 5.44. The lowest BCUT2D eigenvalue weighted by atomic mass is 10.2. The van der Waals surface area contributed by atoms with E-state index in [4.69, 9.17) is 4.52 Å². The van der Waals surface area contributed by atoms with Gasteiger partial charge in [-0.05, 0) is 19.1 Å². The summed E-state index contributed by atoms with van der Waals surface area (Å²) >= 11 is 1.28. The third kappa shape index (κ3) is 3.63. The van der Waals surface area contributed by atoms with Gasteiger partial charge in [-0.15, -0.1) is 11.3 Å². The summed E-state index contributed by atoms with van der Waals surface area (Å²) in [5.41, 5.74) is 7.54. The van der Waals surface area contributed by atoms with Gasteiger partial charge in [0.15, 0.2) is 5.58 Å². The molecule has 0 spiro atoms. The molecular weight excluding hydrogens is 376 g/mol. The highest BCUT2D eigenvalue weighted by atomic mass is 32.1. The van der Waals surface area contributed by atoms with E-state index < -0.39 is 11.8 Å². The number of para-hydroxylation sites is 1. The second-order valence-corrected chi connectivity index (χ2v) is 7.10. The largest absolute Gasteiger partial charge is 0.356 e. The van der Waals surface area contributed by atoms with Crippen molar-refractivity contribution in [1.29, 1.82) is 0 Å². The zero-order valence-corrected chi connectivity index (χ0v) is 15.7. The summed E-state index contributed by atoms with van der Waals surface area (Å²) in [5.74, 6) is -0.798. The van der Waals surface area contributed by atoms with Crippen LogP contribution in [0.2, 0.25) is 0 Å². The topological polar surface area (TPSA) is 97.1 Å². The number of hydrogen-bond acceptors (Lipinski definition) is 6. The van der Waals surface area contributed by atoms with Gasteiger partial charge in [-0.25, -0.2) is 4.98 Å². The molecule has 0 atom stereocenters. The molecule has 2 heterocycles. The Hall–Kier alpha value is -3.52. The van der Waals surface area contributed by atoms with Gasteiger partial charge in [0.25, 0.3) is 5.91 Å². The molecular formula is C20H16N4O3S. The minimum absolute atomic E-state index is 0.00572. The second kappa shape index (κ2) is 7.61. The van der Waals surface area contributed by atoms with Crippen LogP contribution in [-0.2, 0) is 11.2 Å². The lowest BCUT2D eigenvalue weighted by Crippen LogP contribution is -2.42. The summed E-state index contributed by atoms with van der Waals surface area (Å²) in [7, 11) is 0. The van der Waals surface area contributed by atoms with Crippen LogP contribution in [0.4, 0.5) is 0 Å². The fraction of sp³-hybridized carbons (Fsp3) is 0.100. The number of amides is 2. The third-order valence-electron chi connectivity index (χ3n) is 4.12. The number of aromatic nitrogens is 2. The second-order valence-electron chi connectivity index (χ2n) is 6.10. The van der Waals surface area contributed by atoms with Crippen molar-refractivity contribution in [2.45, 2.75) is 13.3 Å². The molecule has 2 N–H and O–H groups in total. The molecule has 8 heteroatoms. The molecule has 140 valence electrons. The van der Waals surface area contributed by atoms with Crippen molar-refractivity contribution in [3.63, 3.8) is 0 Å². The van der Waals surface area contributed by atoms with E-state index in [0.717, 1.165) is 16.0 Å². The molecule has 28 heavy (non-hydrogen) atoms. The summed E-state index contributed by atoms with van der Waals surface area (Å²) < 4.78 is 5.18. The number of carbonyl (C=O) groups is 2. The molecule has 0 bridgehead atoms. The molecule has 2 aromatic heterocycles. The standard InChI is InChI=1S/C20H16N4O3S/c1-12-18(28-20(21-12)13-7-3-2-4-8-13)19(26)23-22-17(25)11-15-14-9-5-6-10-16(14)27-24-15/h2-10H,11H2,1H3,(H,22,25)(H,23,26). The molecule has 0 aliphatic carbocycles. The Morgan fingerprint density at radius 3 is 2.61 bits per heavy atom. The van der Waals surface area contributed by atoms with Gasteiger partial charge < -0.3 is 4.52 Å². The number of rotatable bonds is 4. The molecule has 0 aliphatic rings. The fourth-order valence-corrected chi connectivity index (χ4v) is 3.72. The van der Waals surface area contributed by atoms with Gasteiger partial charge in [-0.1, -0.05) is 47.6 Å². The zero-order valence-electron chi connectivity index (χ0n) is 14.9. The van der Waals surface area contributed by atoms with Gasteiger partial charge in [0.2, 0.25) is 5.91 Å². The molecule has 4 rings (SSSR count). The van der Waals surface area contributed by atoms with Crippen molar-refractivity contribution < 1.29 is 14.1 Å². The fourth-order valence-electron chi connectivity index (χ4n) is 2.76. The molecule has 0 fully saturated rings. The van der Waals surface area contributed by atoms with Crippen LogP contribution in [0.3, 0.4) is 0 Å². The van der Waals surface area contributed by atoms with Gasteiger partial charge in [0, 0.05) is 10.9 Å². The molecule has 0 saturated carbocycles. The number of thiazole rings is 1. The van der Waals surface area contributed by atoms with Gasteiger partial charge in [0.1, 0.15) is 15.6 Å². The first-order valence-electron chi connectivity index (χ1n) is 8.57. The van der Waals surface area contributed by atoms with Crippen molar-refractivity contribution in [3.8, 4) is 10.6 Å². The Balaban J connectivity index is 1.40. The summed E-state index contributed by atoms with van der Waals surface area (Å²) in [6, 6.07) is 16.9. The minimum Gasteiger partial charge on any atom is -0.356 e. The maximum Gasteiger partial charge on any atom is 0.281 e. The first kappa shape index (κ1) is 17.9. The molecule has 2 aromatic carbocycles. The van der Waals surface area contributed by atoms with Crippen LogP contribution in [0.1, 0.15) is 21.1 Å². The Kier molecular flexibility index (Phi) is 4.86. The van der Waals surface area contributed by atoms with Crippen LogP contribution in [0.5, 0.6) is 0 Å². The molecule has 0 saturated heterocycles. The smallest absolute Gasteiger partial charge is 0.281 e. The van der Waals surface area contributed by atoms with Gasteiger partial charge in [0.05, 0.1) is 12.1 Å². The zero-order chi connectivity index (χ0) is 19.5. The van der Waals surface area contributed by atoms with Crippen LogP contribution in [0.15, 0.2) is 59.1 Å². The number of carbonyl (C=O) groups excluding carboxylic acids is 2. The highest BCUT2D eigenvalue weighted by molar-refractivity contribution is 7.17. The van der Waals surface area contributed by atoms with Crippen molar-refractivity contribution in [3.05, 3.63) is 70.9 Å². The molecule has 0 unspecified atom stereocenters. The maximum atomic E-state index is 12.4. The van der Waals surface area contributed by atoms with E-state index in [2.05, 4.69) is 21.0 Å². The highest BCUT2D eigenvalue weighted by Gasteiger charge is 2.17. The number of aryl methyl sites for hydroxylation is 1. The van der Waals surface area contributed by atoms with E-state index in [0.29, 0.717) is 21.8 Å². The number of nitrogens with zero attached hydrogens (tertiary/aromatic N) is 2. The van der Waals surface area contributed by atoms with Crippen molar-refractivity contribution in [2.75, 3.05) is 0 Å². The van der Waals surface area contributed by atoms with Crippen molar-refractivity contribution >= 4 is 34.1 Å². The predicted molar refractivity (Wildman–Crippen MR) is 106 cm³/mol. The van der Waals surface area contributed by atoms with Gasteiger partial charge in [-0.3, -0.25) is 20.4 Å². The van der Waals surface area contributed by atoms with E-state index in [1.165, 1.54) is 11.3 Å². The van der Waals surface area contributed by atoms with Gasteiger partial charge >= 0.3 is 0 Å². The first-order valence-corrected chi connectivity index (χ1v) is 9.39. The maximum absolute atomic E-state index is 12.4. The van der Waals surface area contributed by atoms with Crippen LogP contribution in [0, 0.1) is 6.92 Å². The SMILES string of the molecule is Cc1nc(-c2ccccc2)sc1C(=O)NNC(=O)Cc1noc2ccccc12. The average molecular weight is 392 g/mol. The average Bonchev–Trinajstić information content (AvgIpc) is 3.31. The first-order chi connectivity index (χ1) is 13.6. The minimum atomic E-state index is -0.407. The number of nitrogens with one attached hydrogen (secondary N) is 2. The van der Waals surface area contributed by atoms with E-state index in [1.54, 1.807) is 13.0 Å². The Bertz CT molecular complexity index is 1150. The quantitative estimate of drug-likeness (QED) is 0.520. The van der Waals surface area contributed by atoms with Gasteiger partial charge in [-0.2, -0.15) is 0 Å². The number of hydrazine groups is 1. The Morgan fingerprint density at radius 2 is 1.79 bits per heavy atom. The van der Waals surface area contributed by atoms with E-state index in [9.17, 15) is 9.59 Å². The lowest BCUT2D eigenvalue weighted by molar-refractivity contribution is -0.121. The summed E-state index contributed by atoms with van der Waals surface area (Å²) in [4.78, 5) is 29.5. The van der Waals surface area contributed by atoms with Crippen LogP contribution in [-0.4, -0.2) is 22.0 Å². The molecule has 0 radical (unpaired) electrons. The monoisotopic (exact) mass is 392 g/mol. The predicted octanol–water partition coefficient (Wildman–Crippen LogP) is 3.26. The number of hydrogen-bond donors (Lipinski definition) is 2. The van der Waals surface area contributed by atoms with Crippen molar-refractivity contribution in [2.24, 2.45) is 0 Å². The van der Waals surface area contributed by atoms with E-state index >= 15 is 0 Å². The summed E-state index contributed by atoms with van der Waals surface area (Å²) in [6.07, 6.45) is -0.00572. The molecule has 2 amide bonds. The third-order valence-corrected chi connectivity index (χ3v) is 5.32. The molecule has 0 aliphatic heterocycles. The van der Waals surface area contributed by atoms with Crippen LogP contribution < -0.4 is 10.9 Å². The van der Waals surface area contributed by atoms with E-state index in [-0.39, 0.29) is 6.42 Å². The molecule has 7 nitrogen and oxygen atoms in total. The van der Waals surface area contributed by atoms with Crippen LogP contribution in [0.25, 0.3) is 21.5 Å². The number of fused-ring (bicyclic) bond motifs is 1.